The summed E-state index contributed by atoms with van der Waals surface area (Å²) in [6, 6.07) is 14.4. The largest absolute Gasteiger partial charge is 0.496 e. The van der Waals surface area contributed by atoms with Crippen LogP contribution in [0, 0.1) is 6.92 Å². The number of benzene rings is 2. The summed E-state index contributed by atoms with van der Waals surface area (Å²) in [5, 5.41) is 9.58. The van der Waals surface area contributed by atoms with E-state index in [-0.39, 0.29) is 12.5 Å². The monoisotopic (exact) mass is 438 g/mol. The minimum Gasteiger partial charge on any atom is -0.496 e. The molecule has 1 aliphatic carbocycles. The quantitative estimate of drug-likeness (QED) is 0.371. The third-order valence-electron chi connectivity index (χ3n) is 5.14. The second-order valence-corrected chi connectivity index (χ2v) is 7.96. The van der Waals surface area contributed by atoms with Crippen molar-refractivity contribution in [1.29, 1.82) is 0 Å². The van der Waals surface area contributed by atoms with Gasteiger partial charge in [0.2, 0.25) is 0 Å². The van der Waals surface area contributed by atoms with Gasteiger partial charge in [-0.1, -0.05) is 24.3 Å². The van der Waals surface area contributed by atoms with E-state index in [1.165, 1.54) is 5.56 Å². The summed E-state index contributed by atoms with van der Waals surface area (Å²) in [5.41, 5.74) is 3.40. The van der Waals surface area contributed by atoms with Gasteiger partial charge in [-0.25, -0.2) is 4.99 Å². The van der Waals surface area contributed by atoms with Crippen LogP contribution in [0.25, 0.3) is 0 Å². The highest BCUT2D eigenvalue weighted by Crippen LogP contribution is 2.21. The number of nitrogens with zero attached hydrogens (tertiary/aromatic N) is 1. The van der Waals surface area contributed by atoms with Crippen molar-refractivity contribution in [2.45, 2.75) is 45.7 Å². The average molecular weight is 439 g/mol. The van der Waals surface area contributed by atoms with E-state index < -0.39 is 0 Å². The summed E-state index contributed by atoms with van der Waals surface area (Å²) in [5.74, 6) is 2.28. The molecule has 0 heterocycles. The van der Waals surface area contributed by atoms with Crippen LogP contribution in [0.2, 0.25) is 0 Å². The van der Waals surface area contributed by atoms with Crippen molar-refractivity contribution in [2.75, 3.05) is 26.8 Å². The first-order valence-corrected chi connectivity index (χ1v) is 11.2. The number of hydrogen-bond donors (Lipinski definition) is 3. The van der Waals surface area contributed by atoms with Crippen LogP contribution in [-0.2, 0) is 17.8 Å². The number of amides is 1. The molecule has 0 aromatic heterocycles. The normalized spacial score (nSPS) is 13.4. The van der Waals surface area contributed by atoms with Crippen LogP contribution in [0.3, 0.4) is 0 Å². The third-order valence-corrected chi connectivity index (χ3v) is 5.14. The van der Waals surface area contributed by atoms with E-state index in [4.69, 9.17) is 9.47 Å². The molecule has 7 nitrogen and oxygen atoms in total. The fraction of sp³-hybridized carbons (Fsp3) is 0.440. The fourth-order valence-corrected chi connectivity index (χ4v) is 3.21. The zero-order chi connectivity index (χ0) is 22.8. The van der Waals surface area contributed by atoms with Crippen molar-refractivity contribution >= 4 is 11.9 Å². The number of carbonyl (C=O) groups excluding carboxylic acids is 1. The molecule has 1 fully saturated rings. The number of ether oxygens (including phenoxy) is 2. The number of aryl methyl sites for hydroxylation is 1. The van der Waals surface area contributed by atoms with Gasteiger partial charge < -0.3 is 25.4 Å². The molecule has 2 aromatic rings. The molecule has 3 rings (SSSR count). The van der Waals surface area contributed by atoms with Crippen LogP contribution in [-0.4, -0.2) is 44.7 Å². The molecule has 32 heavy (non-hydrogen) atoms. The number of aliphatic imine (C=N–C) groups is 1. The summed E-state index contributed by atoms with van der Waals surface area (Å²) < 4.78 is 11.0. The highest BCUT2D eigenvalue weighted by Gasteiger charge is 2.23. The first-order valence-electron chi connectivity index (χ1n) is 11.2. The highest BCUT2D eigenvalue weighted by molar-refractivity contribution is 5.79. The fourth-order valence-electron chi connectivity index (χ4n) is 3.21. The summed E-state index contributed by atoms with van der Waals surface area (Å²) in [6.07, 6.45) is 3.00. The summed E-state index contributed by atoms with van der Waals surface area (Å²) >= 11 is 0. The molecule has 0 saturated heterocycles. The molecule has 3 N–H and O–H groups in total. The maximum atomic E-state index is 11.7. The summed E-state index contributed by atoms with van der Waals surface area (Å²) in [4.78, 5) is 16.4. The van der Waals surface area contributed by atoms with Crippen molar-refractivity contribution in [3.05, 3.63) is 59.2 Å². The van der Waals surface area contributed by atoms with Gasteiger partial charge in [-0.05, 0) is 62.4 Å². The third kappa shape index (κ3) is 7.80. The Morgan fingerprint density at radius 1 is 1.12 bits per heavy atom. The smallest absolute Gasteiger partial charge is 0.258 e. The van der Waals surface area contributed by atoms with Crippen LogP contribution in [0.5, 0.6) is 11.5 Å². The molecule has 0 radical (unpaired) electrons. The van der Waals surface area contributed by atoms with Gasteiger partial charge in [0, 0.05) is 24.7 Å². The minimum absolute atomic E-state index is 0.0562. The van der Waals surface area contributed by atoms with Gasteiger partial charge >= 0.3 is 0 Å². The van der Waals surface area contributed by atoms with Crippen molar-refractivity contribution in [3.63, 3.8) is 0 Å². The van der Waals surface area contributed by atoms with Crippen molar-refractivity contribution in [1.82, 2.24) is 16.0 Å². The molecule has 0 bridgehead atoms. The van der Waals surface area contributed by atoms with E-state index in [9.17, 15) is 4.79 Å². The van der Waals surface area contributed by atoms with Crippen LogP contribution >= 0.6 is 0 Å². The van der Waals surface area contributed by atoms with Crippen molar-refractivity contribution < 1.29 is 14.3 Å². The molecule has 1 aliphatic rings. The molecule has 172 valence electrons. The second kappa shape index (κ2) is 12.0. The average Bonchev–Trinajstić information content (AvgIpc) is 3.61. The SMILES string of the molecule is CCNC(=NCc1ccc(C)cc1OC)NCCc1ccc(OCC(=O)NC2CC2)cc1. The van der Waals surface area contributed by atoms with Gasteiger partial charge in [-0.2, -0.15) is 0 Å². The summed E-state index contributed by atoms with van der Waals surface area (Å²) in [6.45, 7) is 6.24. The van der Waals surface area contributed by atoms with Crippen LogP contribution in [0.4, 0.5) is 0 Å². The molecule has 0 unspecified atom stereocenters. The van der Waals surface area contributed by atoms with Gasteiger partial charge in [0.1, 0.15) is 11.5 Å². The molecule has 0 aliphatic heterocycles. The number of guanidine groups is 1. The van der Waals surface area contributed by atoms with E-state index in [1.807, 2.05) is 44.2 Å². The molecular formula is C25H34N4O3. The lowest BCUT2D eigenvalue weighted by atomic mass is 10.1. The number of nitrogens with one attached hydrogen (secondary N) is 3. The van der Waals surface area contributed by atoms with Gasteiger partial charge in [0.15, 0.2) is 12.6 Å². The Kier molecular flexibility index (Phi) is 8.78. The van der Waals surface area contributed by atoms with Gasteiger partial charge in [-0.15, -0.1) is 0 Å². The second-order valence-electron chi connectivity index (χ2n) is 7.96. The number of methoxy groups -OCH3 is 1. The molecule has 2 aromatic carbocycles. The lowest BCUT2D eigenvalue weighted by Crippen LogP contribution is -2.38. The standard InChI is InChI=1S/C25H34N4O3/c1-4-26-25(28-16-20-8-5-18(2)15-23(20)31-3)27-14-13-19-6-11-22(12-7-19)32-17-24(30)29-21-9-10-21/h5-8,11-12,15,21H,4,9-10,13-14,16-17H2,1-3H3,(H,29,30)(H2,26,27,28). The predicted octanol–water partition coefficient (Wildman–Crippen LogP) is 2.96. The zero-order valence-electron chi connectivity index (χ0n) is 19.2. The molecule has 7 heteroatoms. The van der Waals surface area contributed by atoms with Gasteiger partial charge in [0.05, 0.1) is 13.7 Å². The molecule has 0 spiro atoms. The van der Waals surface area contributed by atoms with E-state index in [2.05, 4.69) is 33.1 Å². The van der Waals surface area contributed by atoms with E-state index in [1.54, 1.807) is 7.11 Å². The maximum Gasteiger partial charge on any atom is 0.258 e. The number of rotatable bonds is 11. The highest BCUT2D eigenvalue weighted by atomic mass is 16.5. The lowest BCUT2D eigenvalue weighted by Gasteiger charge is -2.13. The molecular weight excluding hydrogens is 404 g/mol. The van der Waals surface area contributed by atoms with Crippen LogP contribution in [0.1, 0.15) is 36.5 Å². The van der Waals surface area contributed by atoms with Gasteiger partial charge in [-0.3, -0.25) is 4.79 Å². The molecule has 1 amide bonds. The van der Waals surface area contributed by atoms with Crippen LogP contribution in [0.15, 0.2) is 47.5 Å². The Bertz CT molecular complexity index is 908. The number of carbonyl (C=O) groups is 1. The Morgan fingerprint density at radius 3 is 2.59 bits per heavy atom. The Balaban J connectivity index is 1.45. The predicted molar refractivity (Wildman–Crippen MR) is 127 cm³/mol. The Morgan fingerprint density at radius 2 is 1.91 bits per heavy atom. The van der Waals surface area contributed by atoms with Crippen molar-refractivity contribution in [2.24, 2.45) is 4.99 Å². The van der Waals surface area contributed by atoms with E-state index in [0.29, 0.717) is 18.3 Å². The molecule has 0 atom stereocenters. The maximum absolute atomic E-state index is 11.7. The molecule has 1 saturated carbocycles. The Labute approximate surface area is 190 Å². The van der Waals surface area contributed by atoms with Gasteiger partial charge in [0.25, 0.3) is 5.91 Å². The van der Waals surface area contributed by atoms with E-state index in [0.717, 1.165) is 55.2 Å². The Hall–Kier alpha value is -3.22. The number of hydrogen-bond acceptors (Lipinski definition) is 4. The zero-order valence-corrected chi connectivity index (χ0v) is 19.2. The topological polar surface area (TPSA) is 84.0 Å². The lowest BCUT2D eigenvalue weighted by molar-refractivity contribution is -0.123. The minimum atomic E-state index is -0.0562. The van der Waals surface area contributed by atoms with E-state index >= 15 is 0 Å². The first-order chi connectivity index (χ1) is 15.6. The van der Waals surface area contributed by atoms with Crippen molar-refractivity contribution in [3.8, 4) is 11.5 Å². The first kappa shape index (κ1) is 23.4. The summed E-state index contributed by atoms with van der Waals surface area (Å²) in [7, 11) is 1.69. The van der Waals surface area contributed by atoms with Crippen LogP contribution < -0.4 is 25.4 Å².